The molecule has 0 bridgehead atoms. The van der Waals surface area contributed by atoms with Crippen LogP contribution >= 0.6 is 0 Å². The lowest BCUT2D eigenvalue weighted by Gasteiger charge is -2.25. The summed E-state index contributed by atoms with van der Waals surface area (Å²) in [7, 11) is 0. The van der Waals surface area contributed by atoms with Gasteiger partial charge in [-0.3, -0.25) is 14.9 Å². The minimum atomic E-state index is -0.562. The van der Waals surface area contributed by atoms with Crippen LogP contribution < -0.4 is 11.1 Å². The number of amides is 1. The molecule has 0 unspecified atom stereocenters. The molecule has 1 aromatic rings. The molecule has 0 radical (unpaired) electrons. The number of nitro groups is 1. The molecule has 0 aromatic heterocycles. The number of nitrogen functional groups attached to an aromatic ring is 1. The quantitative estimate of drug-likeness (QED) is 0.482. The van der Waals surface area contributed by atoms with Crippen LogP contribution in [0.5, 0.6) is 0 Å². The van der Waals surface area contributed by atoms with Crippen LogP contribution in [0.2, 0.25) is 0 Å². The van der Waals surface area contributed by atoms with Crippen LogP contribution in [0.25, 0.3) is 0 Å². The SMILES string of the molecule is Nc1cc(C(=O)NCCC2CCC2)ccc1[N+](=O)[O-]. The van der Waals surface area contributed by atoms with E-state index in [1.54, 1.807) is 0 Å². The average Bonchev–Trinajstić information content (AvgIpc) is 2.31. The summed E-state index contributed by atoms with van der Waals surface area (Å²) in [4.78, 5) is 21.9. The summed E-state index contributed by atoms with van der Waals surface area (Å²) < 4.78 is 0. The second kappa shape index (κ2) is 5.69. The molecule has 0 atom stereocenters. The monoisotopic (exact) mass is 263 g/mol. The normalized spacial score (nSPS) is 14.7. The van der Waals surface area contributed by atoms with Crippen LogP contribution in [0.4, 0.5) is 11.4 Å². The molecule has 0 aliphatic heterocycles. The standard InChI is InChI=1S/C13H17N3O3/c14-11-8-10(4-5-12(11)16(18)19)13(17)15-7-6-9-2-1-3-9/h4-5,8-9H,1-3,6-7,14H2,(H,15,17). The van der Waals surface area contributed by atoms with Crippen LogP contribution in [0.15, 0.2) is 18.2 Å². The van der Waals surface area contributed by atoms with Gasteiger partial charge in [0.05, 0.1) is 4.92 Å². The molecule has 19 heavy (non-hydrogen) atoms. The van der Waals surface area contributed by atoms with Gasteiger partial charge in [-0.25, -0.2) is 0 Å². The number of rotatable bonds is 5. The molecule has 1 aliphatic carbocycles. The van der Waals surface area contributed by atoms with Crippen molar-refractivity contribution in [2.24, 2.45) is 5.92 Å². The Morgan fingerprint density at radius 1 is 1.47 bits per heavy atom. The molecule has 6 nitrogen and oxygen atoms in total. The fourth-order valence-electron chi connectivity index (χ4n) is 2.14. The average molecular weight is 263 g/mol. The summed E-state index contributed by atoms with van der Waals surface area (Å²) in [6, 6.07) is 4.03. The van der Waals surface area contributed by atoms with E-state index in [-0.39, 0.29) is 17.3 Å². The Kier molecular flexibility index (Phi) is 3.99. The lowest BCUT2D eigenvalue weighted by Crippen LogP contribution is -2.27. The van der Waals surface area contributed by atoms with E-state index in [1.807, 2.05) is 0 Å². The maximum atomic E-state index is 11.8. The Labute approximate surface area is 111 Å². The number of nitrogens with two attached hydrogens (primary N) is 1. The number of hydrogen-bond donors (Lipinski definition) is 2. The third-order valence-corrected chi connectivity index (χ3v) is 3.55. The van der Waals surface area contributed by atoms with Crippen molar-refractivity contribution in [3.63, 3.8) is 0 Å². The van der Waals surface area contributed by atoms with Gasteiger partial charge >= 0.3 is 0 Å². The molecule has 1 saturated carbocycles. The third-order valence-electron chi connectivity index (χ3n) is 3.55. The number of carbonyl (C=O) groups is 1. The first-order chi connectivity index (χ1) is 9.08. The number of benzene rings is 1. The number of hydrogen-bond acceptors (Lipinski definition) is 4. The Hall–Kier alpha value is -2.11. The smallest absolute Gasteiger partial charge is 0.292 e. The second-order valence-electron chi connectivity index (χ2n) is 4.87. The van der Waals surface area contributed by atoms with Gasteiger partial charge in [-0.1, -0.05) is 19.3 Å². The summed E-state index contributed by atoms with van der Waals surface area (Å²) in [6.07, 6.45) is 4.78. The molecule has 0 heterocycles. The van der Waals surface area contributed by atoms with Crippen molar-refractivity contribution in [2.75, 3.05) is 12.3 Å². The Morgan fingerprint density at radius 2 is 2.21 bits per heavy atom. The molecule has 102 valence electrons. The van der Waals surface area contributed by atoms with Crippen LogP contribution in [0, 0.1) is 16.0 Å². The van der Waals surface area contributed by atoms with Gasteiger partial charge < -0.3 is 11.1 Å². The lowest BCUT2D eigenvalue weighted by molar-refractivity contribution is -0.383. The number of nitrogens with one attached hydrogen (secondary N) is 1. The summed E-state index contributed by atoms with van der Waals surface area (Å²) in [5.74, 6) is 0.503. The first kappa shape index (κ1) is 13.3. The molecule has 2 rings (SSSR count). The highest BCUT2D eigenvalue weighted by Crippen LogP contribution is 2.28. The number of carbonyl (C=O) groups excluding carboxylic acids is 1. The number of nitro benzene ring substituents is 1. The van der Waals surface area contributed by atoms with Gasteiger partial charge in [-0.05, 0) is 24.5 Å². The van der Waals surface area contributed by atoms with E-state index in [9.17, 15) is 14.9 Å². The minimum Gasteiger partial charge on any atom is -0.393 e. The summed E-state index contributed by atoms with van der Waals surface area (Å²) >= 11 is 0. The molecule has 1 fully saturated rings. The Morgan fingerprint density at radius 3 is 2.74 bits per heavy atom. The minimum absolute atomic E-state index is 0.0108. The largest absolute Gasteiger partial charge is 0.393 e. The van der Waals surface area contributed by atoms with E-state index >= 15 is 0 Å². The van der Waals surface area contributed by atoms with Crippen molar-refractivity contribution in [3.05, 3.63) is 33.9 Å². The third kappa shape index (κ3) is 3.21. The van der Waals surface area contributed by atoms with Crippen LogP contribution in [-0.4, -0.2) is 17.4 Å². The number of anilines is 1. The highest BCUT2D eigenvalue weighted by molar-refractivity contribution is 5.95. The predicted molar refractivity (Wildman–Crippen MR) is 71.8 cm³/mol. The zero-order chi connectivity index (χ0) is 13.8. The highest BCUT2D eigenvalue weighted by Gasteiger charge is 2.18. The van der Waals surface area contributed by atoms with Gasteiger partial charge in [0, 0.05) is 18.2 Å². The van der Waals surface area contributed by atoms with Crippen molar-refractivity contribution in [2.45, 2.75) is 25.7 Å². The second-order valence-corrected chi connectivity index (χ2v) is 4.87. The number of nitrogens with zero attached hydrogens (tertiary/aromatic N) is 1. The molecular formula is C13H17N3O3. The molecule has 1 amide bonds. The van der Waals surface area contributed by atoms with Crippen molar-refractivity contribution in [1.29, 1.82) is 0 Å². The van der Waals surface area contributed by atoms with Gasteiger partial charge in [0.1, 0.15) is 5.69 Å². The van der Waals surface area contributed by atoms with Gasteiger partial charge in [-0.2, -0.15) is 0 Å². The van der Waals surface area contributed by atoms with Crippen molar-refractivity contribution in [1.82, 2.24) is 5.32 Å². The van der Waals surface area contributed by atoms with Gasteiger partial charge in [0.2, 0.25) is 0 Å². The van der Waals surface area contributed by atoms with E-state index in [2.05, 4.69) is 5.32 Å². The molecule has 6 heteroatoms. The fourth-order valence-corrected chi connectivity index (χ4v) is 2.14. The Bertz CT molecular complexity index is 498. The maximum absolute atomic E-state index is 11.8. The molecule has 3 N–H and O–H groups in total. The molecule has 1 aromatic carbocycles. The Balaban J connectivity index is 1.91. The zero-order valence-corrected chi connectivity index (χ0v) is 10.6. The molecule has 0 spiro atoms. The topological polar surface area (TPSA) is 98.3 Å². The zero-order valence-electron chi connectivity index (χ0n) is 10.6. The summed E-state index contributed by atoms with van der Waals surface area (Å²) in [5.41, 5.74) is 5.74. The molecule has 0 saturated heterocycles. The maximum Gasteiger partial charge on any atom is 0.292 e. The van der Waals surface area contributed by atoms with Crippen LogP contribution in [0.3, 0.4) is 0 Å². The fraction of sp³-hybridized carbons (Fsp3) is 0.462. The first-order valence-electron chi connectivity index (χ1n) is 6.40. The van der Waals surface area contributed by atoms with Crippen molar-refractivity contribution in [3.8, 4) is 0 Å². The van der Waals surface area contributed by atoms with E-state index in [0.29, 0.717) is 12.1 Å². The first-order valence-corrected chi connectivity index (χ1v) is 6.40. The molecule has 1 aliphatic rings. The van der Waals surface area contributed by atoms with E-state index in [0.717, 1.165) is 12.3 Å². The van der Waals surface area contributed by atoms with Gasteiger partial charge in [0.15, 0.2) is 0 Å². The molecular weight excluding hydrogens is 246 g/mol. The van der Waals surface area contributed by atoms with Crippen LogP contribution in [0.1, 0.15) is 36.0 Å². The van der Waals surface area contributed by atoms with E-state index in [1.165, 1.54) is 37.5 Å². The van der Waals surface area contributed by atoms with E-state index in [4.69, 9.17) is 5.73 Å². The van der Waals surface area contributed by atoms with Crippen LogP contribution in [-0.2, 0) is 0 Å². The summed E-state index contributed by atoms with van der Waals surface area (Å²) in [5, 5.41) is 13.4. The predicted octanol–water partition coefficient (Wildman–Crippen LogP) is 2.10. The van der Waals surface area contributed by atoms with Gasteiger partial charge in [-0.15, -0.1) is 0 Å². The van der Waals surface area contributed by atoms with Crippen molar-refractivity contribution >= 4 is 17.3 Å². The van der Waals surface area contributed by atoms with E-state index < -0.39 is 4.92 Å². The highest BCUT2D eigenvalue weighted by atomic mass is 16.6. The lowest BCUT2D eigenvalue weighted by atomic mass is 9.83. The van der Waals surface area contributed by atoms with Gasteiger partial charge in [0.25, 0.3) is 11.6 Å². The van der Waals surface area contributed by atoms with Crippen molar-refractivity contribution < 1.29 is 9.72 Å². The summed E-state index contributed by atoms with van der Waals surface area (Å²) in [6.45, 7) is 0.639.